The van der Waals surface area contributed by atoms with Gasteiger partial charge >= 0.3 is 0 Å². The summed E-state index contributed by atoms with van der Waals surface area (Å²) in [5.74, 6) is 0. The van der Waals surface area contributed by atoms with Crippen molar-refractivity contribution in [1.29, 1.82) is 0 Å². The van der Waals surface area contributed by atoms with Crippen molar-refractivity contribution in [3.63, 3.8) is 0 Å². The summed E-state index contributed by atoms with van der Waals surface area (Å²) in [6, 6.07) is 13.8. The van der Waals surface area contributed by atoms with Gasteiger partial charge in [0, 0.05) is 14.0 Å². The van der Waals surface area contributed by atoms with E-state index in [-0.39, 0.29) is 0 Å². The maximum absolute atomic E-state index is 5.97. The zero-order valence-electron chi connectivity index (χ0n) is 8.83. The van der Waals surface area contributed by atoms with Crippen LogP contribution in [0.15, 0.2) is 51.4 Å². The molecule has 0 radical (unpaired) electrons. The summed E-state index contributed by atoms with van der Waals surface area (Å²) in [6.45, 7) is 0. The first-order chi connectivity index (χ1) is 8.16. The highest BCUT2D eigenvalue weighted by atomic mass is 79.9. The second-order valence-electron chi connectivity index (χ2n) is 3.52. The predicted molar refractivity (Wildman–Crippen MR) is 82.2 cm³/mol. The Labute approximate surface area is 123 Å². The van der Waals surface area contributed by atoms with Crippen molar-refractivity contribution in [3.8, 4) is 0 Å². The van der Waals surface area contributed by atoms with E-state index in [1.54, 1.807) is 0 Å². The van der Waals surface area contributed by atoms with Crippen LogP contribution < -0.4 is 0 Å². The molecule has 3 heteroatoms. The zero-order valence-corrected chi connectivity index (χ0v) is 12.8. The van der Waals surface area contributed by atoms with Gasteiger partial charge in [0.2, 0.25) is 0 Å². The van der Waals surface area contributed by atoms with Gasteiger partial charge in [0.15, 0.2) is 0 Å². The van der Waals surface area contributed by atoms with Crippen LogP contribution >= 0.6 is 43.5 Å². The molecule has 0 bridgehead atoms. The van der Waals surface area contributed by atoms with Gasteiger partial charge in [0.05, 0.1) is 0 Å². The molecule has 0 atom stereocenters. The fraction of sp³-hybridized carbons (Fsp3) is 0. The SMILES string of the molecule is Clc1ccc(Br)c(/C=C\c2ccccc2Br)c1. The average molecular weight is 372 g/mol. The molecule has 0 unspecified atom stereocenters. The third-order valence-corrected chi connectivity index (χ3v) is 3.99. The van der Waals surface area contributed by atoms with Crippen molar-refractivity contribution in [2.24, 2.45) is 0 Å². The minimum atomic E-state index is 0.736. The van der Waals surface area contributed by atoms with Gasteiger partial charge in [0.1, 0.15) is 0 Å². The summed E-state index contributed by atoms with van der Waals surface area (Å²) in [5.41, 5.74) is 2.20. The Morgan fingerprint density at radius 3 is 2.24 bits per heavy atom. The van der Waals surface area contributed by atoms with Crippen molar-refractivity contribution in [1.82, 2.24) is 0 Å². The lowest BCUT2D eigenvalue weighted by Gasteiger charge is -2.00. The third-order valence-electron chi connectivity index (χ3n) is 2.31. The molecule has 2 aromatic carbocycles. The number of hydrogen-bond acceptors (Lipinski definition) is 0. The summed E-state index contributed by atoms with van der Waals surface area (Å²) in [4.78, 5) is 0. The minimum absolute atomic E-state index is 0.736. The first-order valence-electron chi connectivity index (χ1n) is 5.04. The number of benzene rings is 2. The fourth-order valence-electron chi connectivity index (χ4n) is 1.43. The van der Waals surface area contributed by atoms with Crippen molar-refractivity contribution < 1.29 is 0 Å². The average Bonchev–Trinajstić information content (AvgIpc) is 2.32. The highest BCUT2D eigenvalue weighted by Crippen LogP contribution is 2.24. The molecular weight excluding hydrogens is 363 g/mol. The number of halogens is 3. The molecule has 2 aromatic rings. The topological polar surface area (TPSA) is 0 Å². The predicted octanol–water partition coefficient (Wildman–Crippen LogP) is 6.04. The van der Waals surface area contributed by atoms with Crippen LogP contribution in [0.25, 0.3) is 12.2 Å². The normalized spacial score (nSPS) is 11.0. The molecule has 0 saturated carbocycles. The summed E-state index contributed by atoms with van der Waals surface area (Å²) >= 11 is 13.0. The fourth-order valence-corrected chi connectivity index (χ4v) is 2.41. The lowest BCUT2D eigenvalue weighted by molar-refractivity contribution is 1.58. The first-order valence-corrected chi connectivity index (χ1v) is 7.01. The minimum Gasteiger partial charge on any atom is -0.0843 e. The van der Waals surface area contributed by atoms with Gasteiger partial charge < -0.3 is 0 Å². The van der Waals surface area contributed by atoms with Gasteiger partial charge in [-0.15, -0.1) is 0 Å². The Kier molecular flexibility index (Phi) is 4.43. The van der Waals surface area contributed by atoms with E-state index in [9.17, 15) is 0 Å². The summed E-state index contributed by atoms with van der Waals surface area (Å²) < 4.78 is 2.11. The molecule has 2 rings (SSSR count). The Hall–Kier alpha value is -0.570. The van der Waals surface area contributed by atoms with E-state index in [2.05, 4.69) is 44.0 Å². The summed E-state index contributed by atoms with van der Waals surface area (Å²) in [5, 5.41) is 0.736. The van der Waals surface area contributed by atoms with Gasteiger partial charge in [-0.2, -0.15) is 0 Å². The van der Waals surface area contributed by atoms with Crippen LogP contribution in [0.1, 0.15) is 11.1 Å². The van der Waals surface area contributed by atoms with E-state index in [1.165, 1.54) is 0 Å². The molecule has 0 saturated heterocycles. The molecule has 0 spiro atoms. The molecule has 0 heterocycles. The Morgan fingerprint density at radius 2 is 1.47 bits per heavy atom. The maximum atomic E-state index is 5.97. The maximum Gasteiger partial charge on any atom is 0.0412 e. The molecule has 0 nitrogen and oxygen atoms in total. The third kappa shape index (κ3) is 3.44. The Bertz CT molecular complexity index is 562. The monoisotopic (exact) mass is 370 g/mol. The smallest absolute Gasteiger partial charge is 0.0412 e. The quantitative estimate of drug-likeness (QED) is 0.564. The van der Waals surface area contributed by atoms with E-state index in [1.807, 2.05) is 42.5 Å². The van der Waals surface area contributed by atoms with E-state index in [0.29, 0.717) is 0 Å². The molecule has 0 amide bonds. The molecule has 0 fully saturated rings. The lowest BCUT2D eigenvalue weighted by atomic mass is 10.1. The van der Waals surface area contributed by atoms with E-state index < -0.39 is 0 Å². The van der Waals surface area contributed by atoms with Crippen LogP contribution in [0, 0.1) is 0 Å². The largest absolute Gasteiger partial charge is 0.0843 e. The summed E-state index contributed by atoms with van der Waals surface area (Å²) in [7, 11) is 0. The van der Waals surface area contributed by atoms with Crippen molar-refractivity contribution in [2.45, 2.75) is 0 Å². The lowest BCUT2D eigenvalue weighted by Crippen LogP contribution is -1.77. The van der Waals surface area contributed by atoms with Crippen molar-refractivity contribution in [3.05, 3.63) is 67.6 Å². The molecule has 86 valence electrons. The van der Waals surface area contributed by atoms with Crippen LogP contribution in [-0.4, -0.2) is 0 Å². The van der Waals surface area contributed by atoms with Crippen LogP contribution in [0.2, 0.25) is 5.02 Å². The standard InChI is InChI=1S/C14H9Br2Cl/c15-13-4-2-1-3-10(13)5-6-11-9-12(17)7-8-14(11)16/h1-9H/b6-5-. The summed E-state index contributed by atoms with van der Waals surface area (Å²) in [6.07, 6.45) is 4.09. The van der Waals surface area contributed by atoms with Crippen molar-refractivity contribution >= 4 is 55.6 Å². The highest BCUT2D eigenvalue weighted by molar-refractivity contribution is 9.10. The van der Waals surface area contributed by atoms with Crippen LogP contribution in [0.3, 0.4) is 0 Å². The van der Waals surface area contributed by atoms with Gasteiger partial charge in [0.25, 0.3) is 0 Å². The number of hydrogen-bond donors (Lipinski definition) is 0. The first kappa shape index (κ1) is 12.9. The van der Waals surface area contributed by atoms with E-state index in [0.717, 1.165) is 25.1 Å². The van der Waals surface area contributed by atoms with Gasteiger partial charge in [-0.1, -0.05) is 73.8 Å². The molecule has 17 heavy (non-hydrogen) atoms. The van der Waals surface area contributed by atoms with Gasteiger partial charge in [-0.3, -0.25) is 0 Å². The van der Waals surface area contributed by atoms with Crippen LogP contribution in [0.4, 0.5) is 0 Å². The van der Waals surface area contributed by atoms with E-state index >= 15 is 0 Å². The molecule has 0 N–H and O–H groups in total. The Morgan fingerprint density at radius 1 is 0.824 bits per heavy atom. The second kappa shape index (κ2) is 5.85. The number of rotatable bonds is 2. The van der Waals surface area contributed by atoms with Crippen LogP contribution in [-0.2, 0) is 0 Å². The van der Waals surface area contributed by atoms with Crippen molar-refractivity contribution in [2.75, 3.05) is 0 Å². The molecule has 0 aliphatic carbocycles. The Balaban J connectivity index is 2.32. The second-order valence-corrected chi connectivity index (χ2v) is 5.67. The molecule has 0 aliphatic heterocycles. The highest BCUT2D eigenvalue weighted by Gasteiger charge is 1.98. The van der Waals surface area contributed by atoms with E-state index in [4.69, 9.17) is 11.6 Å². The van der Waals surface area contributed by atoms with Crippen LogP contribution in [0.5, 0.6) is 0 Å². The zero-order chi connectivity index (χ0) is 12.3. The van der Waals surface area contributed by atoms with Gasteiger partial charge in [-0.05, 0) is 35.4 Å². The molecule has 0 aromatic heterocycles. The van der Waals surface area contributed by atoms with Gasteiger partial charge in [-0.25, -0.2) is 0 Å². The molecular formula is C14H9Br2Cl. The molecule has 0 aliphatic rings.